The quantitative estimate of drug-likeness (QED) is 0.199. The number of benzene rings is 1. The third-order valence-electron chi connectivity index (χ3n) is 7.66. The molecule has 0 amide bonds. The largest absolute Gasteiger partial charge is 0.357 e. The summed E-state index contributed by atoms with van der Waals surface area (Å²) in [5.74, 6) is -0.274. The van der Waals surface area contributed by atoms with Gasteiger partial charge in [-0.1, -0.05) is 30.9 Å². The molecule has 0 unspecified atom stereocenters. The topological polar surface area (TPSA) is 73.5 Å². The second-order valence-corrected chi connectivity index (χ2v) is 10.5. The van der Waals surface area contributed by atoms with E-state index in [4.69, 9.17) is 4.98 Å². The molecule has 0 saturated carbocycles. The highest BCUT2D eigenvalue weighted by atomic mass is 19.1. The van der Waals surface area contributed by atoms with Gasteiger partial charge in [0.05, 0.1) is 23.1 Å². The molecule has 1 fully saturated rings. The number of nitrogens with zero attached hydrogens (tertiary/aromatic N) is 4. The Morgan fingerprint density at radius 2 is 1.98 bits per heavy atom. The van der Waals surface area contributed by atoms with Crippen LogP contribution in [-0.2, 0) is 6.42 Å². The molecular formula is C33H33FN6. The summed E-state index contributed by atoms with van der Waals surface area (Å²) < 4.78 is 14.0. The van der Waals surface area contributed by atoms with Crippen LogP contribution in [-0.4, -0.2) is 49.7 Å². The maximum absolute atomic E-state index is 14.0. The lowest BCUT2D eigenvalue weighted by Crippen LogP contribution is -2.20. The van der Waals surface area contributed by atoms with Gasteiger partial charge in [0.2, 0.25) is 0 Å². The number of allylic oxidation sites excluding steroid dienone is 2. The van der Waals surface area contributed by atoms with Crippen LogP contribution in [0, 0.1) is 12.7 Å². The van der Waals surface area contributed by atoms with Crippen molar-refractivity contribution in [2.75, 3.05) is 19.6 Å². The van der Waals surface area contributed by atoms with Gasteiger partial charge in [-0.2, -0.15) is 5.10 Å². The normalized spacial score (nSPS) is 14.3. The highest BCUT2D eigenvalue weighted by molar-refractivity contribution is 5.95. The lowest BCUT2D eigenvalue weighted by Gasteiger charge is -2.14. The number of aryl methyl sites for hydroxylation is 2. The lowest BCUT2D eigenvalue weighted by molar-refractivity contribution is 0.334. The van der Waals surface area contributed by atoms with E-state index in [2.05, 4.69) is 49.8 Å². The van der Waals surface area contributed by atoms with Crippen LogP contribution in [0.2, 0.25) is 0 Å². The van der Waals surface area contributed by atoms with Crippen LogP contribution in [0.15, 0.2) is 79.8 Å². The zero-order valence-electron chi connectivity index (χ0n) is 22.8. The Morgan fingerprint density at radius 3 is 2.80 bits per heavy atom. The second kappa shape index (κ2) is 11.4. The first-order valence-electron chi connectivity index (χ1n) is 13.9. The maximum Gasteiger partial charge on any atom is 0.123 e. The Hall–Kier alpha value is -4.36. The molecule has 0 spiro atoms. The molecule has 4 aromatic heterocycles. The highest BCUT2D eigenvalue weighted by Crippen LogP contribution is 2.34. The molecule has 0 atom stereocenters. The fraction of sp³-hybridized carbons (Fsp3) is 0.242. The number of likely N-dealkylation sites (tertiary alicyclic amines) is 1. The van der Waals surface area contributed by atoms with E-state index < -0.39 is 0 Å². The first-order chi connectivity index (χ1) is 19.6. The molecule has 2 N–H and O–H groups in total. The average molecular weight is 533 g/mol. The van der Waals surface area contributed by atoms with Gasteiger partial charge in [0.25, 0.3) is 0 Å². The molecule has 1 aromatic carbocycles. The van der Waals surface area contributed by atoms with Gasteiger partial charge in [0, 0.05) is 34.6 Å². The molecule has 5 aromatic rings. The highest BCUT2D eigenvalue weighted by Gasteiger charge is 2.17. The molecule has 1 saturated heterocycles. The average Bonchev–Trinajstić information content (AvgIpc) is 3.72. The number of aromatic nitrogens is 5. The van der Waals surface area contributed by atoms with Crippen molar-refractivity contribution in [1.29, 1.82) is 0 Å². The third kappa shape index (κ3) is 5.38. The summed E-state index contributed by atoms with van der Waals surface area (Å²) in [5.41, 5.74) is 9.24. The van der Waals surface area contributed by atoms with Crippen molar-refractivity contribution in [3.63, 3.8) is 0 Å². The number of nitrogens with one attached hydrogen (secondary N) is 2. The third-order valence-corrected chi connectivity index (χ3v) is 7.66. The van der Waals surface area contributed by atoms with Crippen LogP contribution in [0.1, 0.15) is 41.6 Å². The summed E-state index contributed by atoms with van der Waals surface area (Å²) in [4.78, 5) is 15.3. The Bertz CT molecular complexity index is 1690. The zero-order valence-corrected chi connectivity index (χ0v) is 22.8. The van der Waals surface area contributed by atoms with Crippen molar-refractivity contribution < 1.29 is 4.39 Å². The van der Waals surface area contributed by atoms with Crippen LogP contribution < -0.4 is 0 Å². The summed E-state index contributed by atoms with van der Waals surface area (Å²) >= 11 is 0. The Labute approximate surface area is 233 Å². The number of aromatic amines is 2. The van der Waals surface area contributed by atoms with E-state index in [-0.39, 0.29) is 5.82 Å². The number of fused-ring (bicyclic) bond motifs is 1. The molecule has 202 valence electrons. The van der Waals surface area contributed by atoms with E-state index in [0.29, 0.717) is 0 Å². The van der Waals surface area contributed by atoms with Crippen molar-refractivity contribution in [3.8, 4) is 22.6 Å². The van der Waals surface area contributed by atoms with Crippen LogP contribution >= 0.6 is 0 Å². The number of halogens is 1. The van der Waals surface area contributed by atoms with Crippen molar-refractivity contribution in [3.05, 3.63) is 108 Å². The van der Waals surface area contributed by atoms with Crippen molar-refractivity contribution in [2.45, 2.75) is 32.6 Å². The predicted molar refractivity (Wildman–Crippen MR) is 159 cm³/mol. The Balaban J connectivity index is 1.29. The molecule has 0 aliphatic carbocycles. The predicted octanol–water partition coefficient (Wildman–Crippen LogP) is 7.11. The van der Waals surface area contributed by atoms with E-state index in [1.165, 1.54) is 43.6 Å². The van der Waals surface area contributed by atoms with Crippen LogP contribution in [0.4, 0.5) is 4.39 Å². The number of hydrogen-bond acceptors (Lipinski definition) is 4. The monoisotopic (exact) mass is 532 g/mol. The Morgan fingerprint density at radius 1 is 1.10 bits per heavy atom. The van der Waals surface area contributed by atoms with Crippen molar-refractivity contribution >= 4 is 16.5 Å². The molecule has 1 aliphatic heterocycles. The van der Waals surface area contributed by atoms with E-state index in [1.54, 1.807) is 12.1 Å². The van der Waals surface area contributed by atoms with E-state index in [9.17, 15) is 4.39 Å². The summed E-state index contributed by atoms with van der Waals surface area (Å²) in [7, 11) is 0. The SMILES string of the molecule is C=C/C=C(/c1cccc(F)c1)c1cc(-c2n[nH]c3cnc(-c4cncc(CCCN5CCCC5)c4)cc23)[nH]c1C. The fourth-order valence-electron chi connectivity index (χ4n) is 5.64. The minimum absolute atomic E-state index is 0.274. The molecule has 7 heteroatoms. The molecule has 0 radical (unpaired) electrons. The summed E-state index contributed by atoms with van der Waals surface area (Å²) in [6, 6.07) is 12.9. The summed E-state index contributed by atoms with van der Waals surface area (Å²) in [6.07, 6.45) is 14.1. The van der Waals surface area contributed by atoms with Gasteiger partial charge in [0.15, 0.2) is 0 Å². The van der Waals surface area contributed by atoms with E-state index in [0.717, 1.165) is 75.3 Å². The summed E-state index contributed by atoms with van der Waals surface area (Å²) in [6.45, 7) is 9.49. The van der Waals surface area contributed by atoms with Gasteiger partial charge in [-0.15, -0.1) is 0 Å². The van der Waals surface area contributed by atoms with Crippen LogP contribution in [0.5, 0.6) is 0 Å². The van der Waals surface area contributed by atoms with Gasteiger partial charge in [0.1, 0.15) is 11.5 Å². The first kappa shape index (κ1) is 25.9. The minimum Gasteiger partial charge on any atom is -0.357 e. The molecule has 40 heavy (non-hydrogen) atoms. The summed E-state index contributed by atoms with van der Waals surface area (Å²) in [5, 5.41) is 8.72. The van der Waals surface area contributed by atoms with Crippen LogP contribution in [0.25, 0.3) is 39.1 Å². The number of H-pyrrole nitrogens is 2. The standard InChI is InChI=1S/C33H33FN6/c1-3-8-27(24-10-6-11-26(34)16-24)28-17-31(37-22(28)2)33-29-18-30(36-21-32(29)38-39-33)25-15-23(19-35-20-25)9-7-14-40-12-4-5-13-40/h3,6,8,10-11,15-21,37H,1,4-5,7,9,12-14H2,2H3,(H,38,39)/b27-8-. The van der Waals surface area contributed by atoms with Crippen molar-refractivity contribution in [1.82, 2.24) is 30.0 Å². The van der Waals surface area contributed by atoms with E-state index in [1.807, 2.05) is 37.7 Å². The molecule has 5 heterocycles. The second-order valence-electron chi connectivity index (χ2n) is 10.5. The molecule has 6 nitrogen and oxygen atoms in total. The minimum atomic E-state index is -0.274. The van der Waals surface area contributed by atoms with Crippen molar-refractivity contribution in [2.24, 2.45) is 0 Å². The maximum atomic E-state index is 14.0. The van der Waals surface area contributed by atoms with Crippen LogP contribution in [0.3, 0.4) is 0 Å². The van der Waals surface area contributed by atoms with Gasteiger partial charge in [-0.25, -0.2) is 4.39 Å². The number of rotatable bonds is 9. The van der Waals surface area contributed by atoms with Gasteiger partial charge in [-0.3, -0.25) is 15.1 Å². The smallest absolute Gasteiger partial charge is 0.123 e. The van der Waals surface area contributed by atoms with Gasteiger partial charge in [-0.05, 0) is 99.3 Å². The first-order valence-corrected chi connectivity index (χ1v) is 13.9. The van der Waals surface area contributed by atoms with Gasteiger partial charge >= 0.3 is 0 Å². The molecular weight excluding hydrogens is 499 g/mol. The molecule has 1 aliphatic rings. The molecule has 6 rings (SSSR count). The fourth-order valence-corrected chi connectivity index (χ4v) is 5.64. The number of hydrogen-bond donors (Lipinski definition) is 2. The van der Waals surface area contributed by atoms with E-state index >= 15 is 0 Å². The lowest BCUT2D eigenvalue weighted by atomic mass is 9.97. The Kier molecular flexibility index (Phi) is 7.38. The molecule has 0 bridgehead atoms. The zero-order chi connectivity index (χ0) is 27.5. The number of pyridine rings is 2. The van der Waals surface area contributed by atoms with Gasteiger partial charge < -0.3 is 9.88 Å².